The van der Waals surface area contributed by atoms with Crippen LogP contribution >= 0.6 is 0 Å². The van der Waals surface area contributed by atoms with Crippen LogP contribution in [0.2, 0.25) is 0 Å². The van der Waals surface area contributed by atoms with Gasteiger partial charge in [0, 0.05) is 45.7 Å². The van der Waals surface area contributed by atoms with Crippen molar-refractivity contribution in [2.45, 2.75) is 19.3 Å². The summed E-state index contributed by atoms with van der Waals surface area (Å²) in [6.45, 7) is 1.51. The van der Waals surface area contributed by atoms with Crippen LogP contribution in [0.5, 0.6) is 0 Å². The van der Waals surface area contributed by atoms with E-state index in [1.807, 2.05) is 0 Å². The van der Waals surface area contributed by atoms with Gasteiger partial charge in [0.1, 0.15) is 0 Å². The predicted molar refractivity (Wildman–Crippen MR) is 103 cm³/mol. The standard InChI is InChI=1S/C17H32N4O8/c18-4-6-20(12-16(26)27)8-10-21(13-17(28)29)9-7-19(11-15(24)25)5-2-1-3-14(22)23/h1-13,18H2,(H,22,23)(H,24,25)(H,26,27)(H,28,29). The number of aliphatic carboxylic acids is 4. The van der Waals surface area contributed by atoms with Gasteiger partial charge in [0.05, 0.1) is 19.6 Å². The molecule has 0 amide bonds. The lowest BCUT2D eigenvalue weighted by atomic mass is 10.2. The average molecular weight is 420 g/mol. The summed E-state index contributed by atoms with van der Waals surface area (Å²) in [7, 11) is 0. The summed E-state index contributed by atoms with van der Waals surface area (Å²) in [5.41, 5.74) is 5.47. The molecule has 12 nitrogen and oxygen atoms in total. The normalized spacial score (nSPS) is 11.3. The molecule has 0 fully saturated rings. The van der Waals surface area contributed by atoms with Gasteiger partial charge in [-0.05, 0) is 19.4 Å². The number of hydrogen-bond acceptors (Lipinski definition) is 8. The van der Waals surface area contributed by atoms with Gasteiger partial charge in [-0.1, -0.05) is 0 Å². The Morgan fingerprint density at radius 2 is 0.931 bits per heavy atom. The third-order valence-electron chi connectivity index (χ3n) is 4.10. The Labute approximate surface area is 169 Å². The molecule has 0 unspecified atom stereocenters. The monoisotopic (exact) mass is 420 g/mol. The molecule has 0 bridgehead atoms. The number of carboxylic acids is 4. The van der Waals surface area contributed by atoms with Crippen LogP contribution in [0.25, 0.3) is 0 Å². The van der Waals surface area contributed by atoms with E-state index in [1.54, 1.807) is 14.7 Å². The summed E-state index contributed by atoms with van der Waals surface area (Å²) in [6, 6.07) is 0. The highest BCUT2D eigenvalue weighted by atomic mass is 16.4. The lowest BCUT2D eigenvalue weighted by Crippen LogP contribution is -2.44. The van der Waals surface area contributed by atoms with Gasteiger partial charge in [-0.2, -0.15) is 0 Å². The Morgan fingerprint density at radius 3 is 1.28 bits per heavy atom. The number of hydrogen-bond donors (Lipinski definition) is 5. The zero-order chi connectivity index (χ0) is 22.2. The van der Waals surface area contributed by atoms with Crippen molar-refractivity contribution in [2.75, 3.05) is 65.4 Å². The molecule has 0 heterocycles. The van der Waals surface area contributed by atoms with Crippen LogP contribution in [0, 0.1) is 0 Å². The molecule has 0 aliphatic carbocycles. The second-order valence-corrected chi connectivity index (χ2v) is 6.65. The second kappa shape index (κ2) is 15.6. The summed E-state index contributed by atoms with van der Waals surface area (Å²) < 4.78 is 0. The molecule has 6 N–H and O–H groups in total. The molecular formula is C17H32N4O8. The highest BCUT2D eigenvalue weighted by molar-refractivity contribution is 5.70. The molecule has 0 aromatic carbocycles. The minimum absolute atomic E-state index is 0.00655. The highest BCUT2D eigenvalue weighted by Crippen LogP contribution is 2.01. The fraction of sp³-hybridized carbons (Fsp3) is 0.765. The summed E-state index contributed by atoms with van der Waals surface area (Å²) >= 11 is 0. The van der Waals surface area contributed by atoms with Crippen LogP contribution in [0.1, 0.15) is 19.3 Å². The van der Waals surface area contributed by atoms with E-state index in [4.69, 9.17) is 26.2 Å². The van der Waals surface area contributed by atoms with Gasteiger partial charge < -0.3 is 26.2 Å². The van der Waals surface area contributed by atoms with Gasteiger partial charge in [0.15, 0.2) is 0 Å². The molecule has 0 rings (SSSR count). The molecule has 0 aromatic heterocycles. The van der Waals surface area contributed by atoms with Crippen molar-refractivity contribution >= 4 is 23.9 Å². The molecule has 0 spiro atoms. The molecule has 0 aliphatic heterocycles. The third kappa shape index (κ3) is 16.4. The Balaban J connectivity index is 4.71. The maximum atomic E-state index is 11.1. The maximum Gasteiger partial charge on any atom is 0.317 e. The van der Waals surface area contributed by atoms with E-state index in [2.05, 4.69) is 0 Å². The van der Waals surface area contributed by atoms with Gasteiger partial charge in [0.25, 0.3) is 0 Å². The Bertz CT molecular complexity index is 532. The topological polar surface area (TPSA) is 185 Å². The lowest BCUT2D eigenvalue weighted by Gasteiger charge is -2.28. The van der Waals surface area contributed by atoms with Gasteiger partial charge in [-0.15, -0.1) is 0 Å². The second-order valence-electron chi connectivity index (χ2n) is 6.65. The molecule has 0 saturated carbocycles. The summed E-state index contributed by atoms with van der Waals surface area (Å²) in [5.74, 6) is -3.98. The third-order valence-corrected chi connectivity index (χ3v) is 4.10. The molecule has 0 aromatic rings. The van der Waals surface area contributed by atoms with Crippen molar-refractivity contribution in [3.05, 3.63) is 0 Å². The number of carboxylic acid groups (broad SMARTS) is 4. The first-order chi connectivity index (χ1) is 13.6. The van der Waals surface area contributed by atoms with Crippen molar-refractivity contribution in [2.24, 2.45) is 5.73 Å². The van der Waals surface area contributed by atoms with Gasteiger partial charge in [0.2, 0.25) is 0 Å². The zero-order valence-corrected chi connectivity index (χ0v) is 16.5. The lowest BCUT2D eigenvalue weighted by molar-refractivity contribution is -0.140. The fourth-order valence-corrected chi connectivity index (χ4v) is 2.74. The minimum atomic E-state index is -1.04. The quantitative estimate of drug-likeness (QED) is 0.150. The summed E-state index contributed by atoms with van der Waals surface area (Å²) in [5, 5.41) is 35.7. The van der Waals surface area contributed by atoms with Crippen LogP contribution in [-0.2, 0) is 19.2 Å². The first-order valence-corrected chi connectivity index (χ1v) is 9.38. The number of nitrogens with zero attached hydrogens (tertiary/aromatic N) is 3. The SMILES string of the molecule is NCCN(CCN(CCN(CCCCC(=O)O)CC(=O)O)CC(=O)O)CC(=O)O. The Hall–Kier alpha value is -2.28. The van der Waals surface area contributed by atoms with Gasteiger partial charge in [-0.3, -0.25) is 33.9 Å². The van der Waals surface area contributed by atoms with Gasteiger partial charge in [-0.25, -0.2) is 0 Å². The summed E-state index contributed by atoms with van der Waals surface area (Å²) in [6.07, 6.45) is 0.946. The summed E-state index contributed by atoms with van der Waals surface area (Å²) in [4.78, 5) is 48.5. The molecule has 0 saturated heterocycles. The van der Waals surface area contributed by atoms with E-state index >= 15 is 0 Å². The molecule has 168 valence electrons. The number of unbranched alkanes of at least 4 members (excludes halogenated alkanes) is 1. The van der Waals surface area contributed by atoms with E-state index in [1.165, 1.54) is 0 Å². The molecule has 0 radical (unpaired) electrons. The first-order valence-electron chi connectivity index (χ1n) is 9.38. The first kappa shape index (κ1) is 26.7. The van der Waals surface area contributed by atoms with E-state index in [0.29, 0.717) is 45.6 Å². The zero-order valence-electron chi connectivity index (χ0n) is 16.5. The predicted octanol–water partition coefficient (Wildman–Crippen LogP) is -1.64. The fourth-order valence-electron chi connectivity index (χ4n) is 2.74. The van der Waals surface area contributed by atoms with Crippen molar-refractivity contribution in [1.82, 2.24) is 14.7 Å². The smallest absolute Gasteiger partial charge is 0.317 e. The van der Waals surface area contributed by atoms with Crippen LogP contribution in [-0.4, -0.2) is 124 Å². The van der Waals surface area contributed by atoms with Crippen molar-refractivity contribution in [3.8, 4) is 0 Å². The van der Waals surface area contributed by atoms with Crippen molar-refractivity contribution in [1.29, 1.82) is 0 Å². The van der Waals surface area contributed by atoms with Gasteiger partial charge >= 0.3 is 23.9 Å². The van der Waals surface area contributed by atoms with E-state index in [0.717, 1.165) is 0 Å². The largest absolute Gasteiger partial charge is 0.481 e. The van der Waals surface area contributed by atoms with Crippen molar-refractivity contribution < 1.29 is 39.6 Å². The van der Waals surface area contributed by atoms with E-state index in [-0.39, 0.29) is 39.1 Å². The van der Waals surface area contributed by atoms with Crippen molar-refractivity contribution in [3.63, 3.8) is 0 Å². The number of carbonyl (C=O) groups is 4. The molecule has 29 heavy (non-hydrogen) atoms. The van der Waals surface area contributed by atoms with Crippen LogP contribution in [0.15, 0.2) is 0 Å². The molecule has 12 heteroatoms. The molecule has 0 atom stereocenters. The minimum Gasteiger partial charge on any atom is -0.481 e. The molecule has 0 aliphatic rings. The van der Waals surface area contributed by atoms with E-state index in [9.17, 15) is 19.2 Å². The average Bonchev–Trinajstić information content (AvgIpc) is 2.59. The van der Waals surface area contributed by atoms with Crippen LogP contribution in [0.4, 0.5) is 0 Å². The maximum absolute atomic E-state index is 11.1. The highest BCUT2D eigenvalue weighted by Gasteiger charge is 2.16. The van der Waals surface area contributed by atoms with E-state index < -0.39 is 23.9 Å². The van der Waals surface area contributed by atoms with Crippen LogP contribution < -0.4 is 5.73 Å². The number of nitrogens with two attached hydrogens (primary N) is 1. The molecular weight excluding hydrogens is 388 g/mol. The number of rotatable bonds is 19. The Kier molecular flexibility index (Phi) is 14.4. The Morgan fingerprint density at radius 1 is 0.552 bits per heavy atom. The van der Waals surface area contributed by atoms with Crippen LogP contribution in [0.3, 0.4) is 0 Å².